The molecule has 1 aliphatic rings. The number of anilines is 1. The minimum absolute atomic E-state index is 0.0533. The summed E-state index contributed by atoms with van der Waals surface area (Å²) in [7, 11) is 0. The quantitative estimate of drug-likeness (QED) is 0.193. The van der Waals surface area contributed by atoms with Crippen molar-refractivity contribution in [3.05, 3.63) is 102 Å². The molecule has 5 aromatic rings. The van der Waals surface area contributed by atoms with E-state index in [-0.39, 0.29) is 27.8 Å². The van der Waals surface area contributed by atoms with Crippen LogP contribution in [0, 0.1) is 5.82 Å². The van der Waals surface area contributed by atoms with E-state index >= 15 is 0 Å². The summed E-state index contributed by atoms with van der Waals surface area (Å²) in [5.41, 5.74) is 2.31. The Labute approximate surface area is 225 Å². The van der Waals surface area contributed by atoms with Crippen molar-refractivity contribution in [1.29, 1.82) is 0 Å². The third-order valence-corrected chi connectivity index (χ3v) is 7.09. The number of carbonyl (C=O) groups is 1. The van der Waals surface area contributed by atoms with E-state index in [0.717, 1.165) is 17.0 Å². The van der Waals surface area contributed by atoms with Crippen LogP contribution in [0.5, 0.6) is 0 Å². The van der Waals surface area contributed by atoms with Crippen LogP contribution in [-0.2, 0) is 10.4 Å². The zero-order valence-corrected chi connectivity index (χ0v) is 20.9. The van der Waals surface area contributed by atoms with Crippen LogP contribution >= 0.6 is 0 Å². The van der Waals surface area contributed by atoms with Gasteiger partial charge in [0.25, 0.3) is 5.91 Å². The minimum Gasteiger partial charge on any atom is -0.372 e. The maximum Gasteiger partial charge on any atom is 0.425 e. The van der Waals surface area contributed by atoms with Crippen LogP contribution < -0.4 is 10.9 Å². The van der Waals surface area contributed by atoms with Gasteiger partial charge in [-0.15, -0.1) is 0 Å². The SMILES string of the molecule is CC(C(=O)NNc1ccc2ccccc2n1)n1cc(-c2cc(F)cc3c2-c2ccccc2C3(O)C(F)(F)F)cn1. The molecule has 0 aliphatic heterocycles. The number of aliphatic hydroxyl groups is 1. The molecule has 2 atom stereocenters. The second-order valence-corrected chi connectivity index (χ2v) is 9.52. The van der Waals surface area contributed by atoms with Crippen molar-refractivity contribution >= 4 is 22.6 Å². The molecule has 2 heterocycles. The van der Waals surface area contributed by atoms with Gasteiger partial charge in [0.05, 0.1) is 11.7 Å². The Bertz CT molecular complexity index is 1780. The van der Waals surface area contributed by atoms with Crippen molar-refractivity contribution in [2.24, 2.45) is 0 Å². The fraction of sp³-hybridized carbons (Fsp3) is 0.138. The third-order valence-electron chi connectivity index (χ3n) is 7.09. The molecular weight excluding hydrogens is 526 g/mol. The van der Waals surface area contributed by atoms with Crippen molar-refractivity contribution in [1.82, 2.24) is 20.2 Å². The lowest BCUT2D eigenvalue weighted by Crippen LogP contribution is -2.41. The maximum atomic E-state index is 14.7. The van der Waals surface area contributed by atoms with Crippen molar-refractivity contribution in [2.75, 3.05) is 5.43 Å². The van der Waals surface area contributed by atoms with Crippen LogP contribution in [0.15, 0.2) is 85.2 Å². The van der Waals surface area contributed by atoms with Gasteiger partial charge in [0, 0.05) is 28.3 Å². The molecular formula is C29H21F4N5O2. The molecule has 202 valence electrons. The number of pyridine rings is 1. The van der Waals surface area contributed by atoms with Gasteiger partial charge in [-0.1, -0.05) is 42.5 Å². The highest BCUT2D eigenvalue weighted by Gasteiger charge is 2.61. The van der Waals surface area contributed by atoms with Gasteiger partial charge in [-0.2, -0.15) is 18.3 Å². The molecule has 3 aromatic carbocycles. The van der Waals surface area contributed by atoms with Crippen LogP contribution in [-0.4, -0.2) is 32.0 Å². The molecule has 6 rings (SSSR count). The molecule has 0 radical (unpaired) electrons. The molecule has 0 fully saturated rings. The molecule has 11 heteroatoms. The van der Waals surface area contributed by atoms with Crippen LogP contribution in [0.2, 0.25) is 0 Å². The van der Waals surface area contributed by atoms with Gasteiger partial charge in [-0.3, -0.25) is 20.3 Å². The maximum absolute atomic E-state index is 14.7. The number of hydrazine groups is 1. The Morgan fingerprint density at radius 1 is 1.00 bits per heavy atom. The number of halogens is 4. The van der Waals surface area contributed by atoms with Gasteiger partial charge in [-0.25, -0.2) is 9.37 Å². The fourth-order valence-corrected chi connectivity index (χ4v) is 5.05. The number of fused-ring (bicyclic) bond motifs is 4. The number of hydrogen-bond acceptors (Lipinski definition) is 5. The summed E-state index contributed by atoms with van der Waals surface area (Å²) < 4.78 is 58.6. The Balaban J connectivity index is 1.30. The zero-order valence-electron chi connectivity index (χ0n) is 20.9. The molecule has 1 amide bonds. The normalized spacial score (nSPS) is 16.9. The van der Waals surface area contributed by atoms with Crippen LogP contribution in [0.1, 0.15) is 24.1 Å². The molecule has 0 saturated carbocycles. The second kappa shape index (κ2) is 9.16. The zero-order chi connectivity index (χ0) is 28.2. The topological polar surface area (TPSA) is 92.1 Å². The molecule has 0 saturated heterocycles. The third kappa shape index (κ3) is 3.97. The largest absolute Gasteiger partial charge is 0.425 e. The monoisotopic (exact) mass is 547 g/mol. The summed E-state index contributed by atoms with van der Waals surface area (Å²) in [6.45, 7) is 1.58. The van der Waals surface area contributed by atoms with E-state index in [9.17, 15) is 27.5 Å². The number of para-hydroxylation sites is 1. The minimum atomic E-state index is -5.09. The lowest BCUT2D eigenvalue weighted by molar-refractivity contribution is -0.246. The van der Waals surface area contributed by atoms with Crippen molar-refractivity contribution in [2.45, 2.75) is 24.7 Å². The fourth-order valence-electron chi connectivity index (χ4n) is 5.05. The van der Waals surface area contributed by atoms with E-state index in [4.69, 9.17) is 0 Å². The summed E-state index contributed by atoms with van der Waals surface area (Å²) in [6.07, 6.45) is -2.31. The molecule has 2 unspecified atom stereocenters. The number of amides is 1. The van der Waals surface area contributed by atoms with E-state index in [0.29, 0.717) is 11.9 Å². The standard InChI is InChI=1S/C29H21F4N5O2/c1-16(27(39)37-36-25-11-10-17-6-2-5-9-24(17)35-25)38-15-18(14-34-38)21-12-19(30)13-23-26(21)20-7-3-4-8-22(20)28(23,40)29(31,32)33/h2-16,40H,1H3,(H,35,36)(H,37,39). The van der Waals surface area contributed by atoms with Gasteiger partial charge in [0.2, 0.25) is 5.60 Å². The van der Waals surface area contributed by atoms with Gasteiger partial charge < -0.3 is 5.11 Å². The van der Waals surface area contributed by atoms with E-state index in [1.807, 2.05) is 30.3 Å². The van der Waals surface area contributed by atoms with Crippen LogP contribution in [0.3, 0.4) is 0 Å². The Kier molecular flexibility index (Phi) is 5.84. The predicted octanol–water partition coefficient (Wildman–Crippen LogP) is 5.72. The number of alkyl halides is 3. The first-order chi connectivity index (χ1) is 19.1. The average molecular weight is 548 g/mol. The predicted molar refractivity (Wildman–Crippen MR) is 140 cm³/mol. The summed E-state index contributed by atoms with van der Waals surface area (Å²) in [4.78, 5) is 17.3. The highest BCUT2D eigenvalue weighted by Crippen LogP contribution is 2.57. The van der Waals surface area contributed by atoms with Gasteiger partial charge in [0.1, 0.15) is 17.7 Å². The molecule has 3 N–H and O–H groups in total. The highest BCUT2D eigenvalue weighted by atomic mass is 19.4. The van der Waals surface area contributed by atoms with Crippen molar-refractivity contribution < 1.29 is 27.5 Å². The Morgan fingerprint density at radius 3 is 2.55 bits per heavy atom. The first-order valence-corrected chi connectivity index (χ1v) is 12.3. The van der Waals surface area contributed by atoms with Crippen molar-refractivity contribution in [3.63, 3.8) is 0 Å². The van der Waals surface area contributed by atoms with Crippen LogP contribution in [0.25, 0.3) is 33.2 Å². The summed E-state index contributed by atoms with van der Waals surface area (Å²) in [5.74, 6) is -0.993. The van der Waals surface area contributed by atoms with E-state index in [1.165, 1.54) is 35.3 Å². The Hall–Kier alpha value is -4.77. The van der Waals surface area contributed by atoms with Crippen LogP contribution in [0.4, 0.5) is 23.4 Å². The molecule has 7 nitrogen and oxygen atoms in total. The number of rotatable bonds is 5. The second-order valence-electron chi connectivity index (χ2n) is 9.52. The summed E-state index contributed by atoms with van der Waals surface area (Å²) in [5, 5.41) is 16.1. The van der Waals surface area contributed by atoms with E-state index < -0.39 is 35.1 Å². The van der Waals surface area contributed by atoms with Crippen molar-refractivity contribution in [3.8, 4) is 22.3 Å². The number of benzene rings is 3. The number of carbonyl (C=O) groups excluding carboxylic acids is 1. The van der Waals surface area contributed by atoms with E-state index in [2.05, 4.69) is 20.9 Å². The summed E-state index contributed by atoms with van der Waals surface area (Å²) >= 11 is 0. The summed E-state index contributed by atoms with van der Waals surface area (Å²) in [6, 6.07) is 17.6. The number of nitrogens with one attached hydrogen (secondary N) is 2. The number of aromatic nitrogens is 3. The van der Waals surface area contributed by atoms with Gasteiger partial charge in [-0.05, 0) is 53.9 Å². The lowest BCUT2D eigenvalue weighted by Gasteiger charge is -2.28. The number of nitrogens with zero attached hydrogens (tertiary/aromatic N) is 3. The lowest BCUT2D eigenvalue weighted by atomic mass is 9.89. The van der Waals surface area contributed by atoms with E-state index in [1.54, 1.807) is 19.1 Å². The highest BCUT2D eigenvalue weighted by molar-refractivity contribution is 5.92. The smallest absolute Gasteiger partial charge is 0.372 e. The number of hydrogen-bond donors (Lipinski definition) is 3. The average Bonchev–Trinajstić information content (AvgIpc) is 3.53. The molecule has 40 heavy (non-hydrogen) atoms. The molecule has 0 bridgehead atoms. The molecule has 0 spiro atoms. The molecule has 1 aliphatic carbocycles. The first-order valence-electron chi connectivity index (χ1n) is 12.3. The Morgan fingerprint density at radius 2 is 1.75 bits per heavy atom. The van der Waals surface area contributed by atoms with Gasteiger partial charge in [0.15, 0.2) is 0 Å². The first kappa shape index (κ1) is 25.5. The van der Waals surface area contributed by atoms with Gasteiger partial charge >= 0.3 is 6.18 Å². The molecule has 2 aromatic heterocycles.